The minimum absolute atomic E-state index is 0.163. The highest BCUT2D eigenvalue weighted by atomic mass is 16.5. The van der Waals surface area contributed by atoms with Crippen LogP contribution in [-0.2, 0) is 11.2 Å². The number of rotatable bonds is 4. The van der Waals surface area contributed by atoms with Gasteiger partial charge in [0.15, 0.2) is 0 Å². The van der Waals surface area contributed by atoms with Gasteiger partial charge in [0.05, 0.1) is 36.0 Å². The van der Waals surface area contributed by atoms with E-state index in [1.807, 2.05) is 30.3 Å². The predicted octanol–water partition coefficient (Wildman–Crippen LogP) is 4.60. The number of fused-ring (bicyclic) bond motifs is 4. The SMILES string of the molecule is C=CC(=O)N1CCN(c2ncnc3cc(-c4ccc(O)c5ccccc45)c4c(c23)OCCC4)CC1CC#N. The average Bonchev–Trinajstić information content (AvgIpc) is 2.96. The second kappa shape index (κ2) is 9.67. The van der Waals surface area contributed by atoms with Gasteiger partial charge in [-0.1, -0.05) is 36.9 Å². The van der Waals surface area contributed by atoms with Crippen LogP contribution in [0.5, 0.6) is 11.5 Å². The van der Waals surface area contributed by atoms with Crippen LogP contribution in [0.15, 0.2) is 61.4 Å². The third-order valence-electron chi connectivity index (χ3n) is 7.54. The molecule has 6 rings (SSSR count). The number of aromatic nitrogens is 2. The highest BCUT2D eigenvalue weighted by Gasteiger charge is 2.32. The van der Waals surface area contributed by atoms with Crippen molar-refractivity contribution in [1.29, 1.82) is 5.26 Å². The summed E-state index contributed by atoms with van der Waals surface area (Å²) in [7, 11) is 0. The summed E-state index contributed by atoms with van der Waals surface area (Å²) in [6.45, 7) is 5.76. The van der Waals surface area contributed by atoms with E-state index < -0.39 is 0 Å². The molecule has 3 heterocycles. The van der Waals surface area contributed by atoms with E-state index >= 15 is 0 Å². The summed E-state index contributed by atoms with van der Waals surface area (Å²) in [5.74, 6) is 1.63. The molecule has 0 bridgehead atoms. The van der Waals surface area contributed by atoms with Crippen LogP contribution in [0.4, 0.5) is 5.82 Å². The molecule has 0 saturated carbocycles. The Kier molecular flexibility index (Phi) is 6.04. The fraction of sp³-hybridized carbons (Fsp3) is 0.267. The zero-order valence-corrected chi connectivity index (χ0v) is 20.9. The Bertz CT molecular complexity index is 1630. The number of hydrogen-bond donors (Lipinski definition) is 1. The molecule has 2 aliphatic heterocycles. The van der Waals surface area contributed by atoms with Crippen LogP contribution in [0.25, 0.3) is 32.8 Å². The predicted molar refractivity (Wildman–Crippen MR) is 146 cm³/mol. The molecule has 1 saturated heterocycles. The Balaban J connectivity index is 1.51. The second-order valence-corrected chi connectivity index (χ2v) is 9.65. The summed E-state index contributed by atoms with van der Waals surface area (Å²) in [6.07, 6.45) is 4.84. The number of piperazine rings is 1. The number of benzene rings is 3. The van der Waals surface area contributed by atoms with Crippen LogP contribution < -0.4 is 9.64 Å². The molecular weight excluding hydrogens is 478 g/mol. The van der Waals surface area contributed by atoms with E-state index in [1.54, 1.807) is 17.3 Å². The lowest BCUT2D eigenvalue weighted by molar-refractivity contribution is -0.128. The maximum Gasteiger partial charge on any atom is 0.246 e. The van der Waals surface area contributed by atoms with Crippen molar-refractivity contribution >= 4 is 33.4 Å². The van der Waals surface area contributed by atoms with Gasteiger partial charge in [-0.05, 0) is 47.6 Å². The molecule has 1 fully saturated rings. The first-order chi connectivity index (χ1) is 18.6. The third-order valence-corrected chi connectivity index (χ3v) is 7.54. The Labute approximate surface area is 220 Å². The van der Waals surface area contributed by atoms with Crippen molar-refractivity contribution in [3.8, 4) is 28.7 Å². The minimum Gasteiger partial charge on any atom is -0.507 e. The van der Waals surface area contributed by atoms with Gasteiger partial charge >= 0.3 is 0 Å². The molecule has 8 heteroatoms. The van der Waals surface area contributed by atoms with Crippen LogP contribution in [0, 0.1) is 11.3 Å². The summed E-state index contributed by atoms with van der Waals surface area (Å²) in [5, 5.41) is 22.5. The van der Waals surface area contributed by atoms with E-state index in [1.165, 1.54) is 6.08 Å². The number of nitrogens with zero attached hydrogens (tertiary/aromatic N) is 5. The molecule has 8 nitrogen and oxygen atoms in total. The fourth-order valence-electron chi connectivity index (χ4n) is 5.78. The Morgan fingerprint density at radius 1 is 1.18 bits per heavy atom. The lowest BCUT2D eigenvalue weighted by Crippen LogP contribution is -2.55. The number of carbonyl (C=O) groups is 1. The molecule has 1 N–H and O–H groups in total. The fourth-order valence-corrected chi connectivity index (χ4v) is 5.78. The molecule has 4 aromatic rings. The van der Waals surface area contributed by atoms with Crippen molar-refractivity contribution in [2.24, 2.45) is 0 Å². The van der Waals surface area contributed by atoms with E-state index in [9.17, 15) is 15.2 Å². The number of carbonyl (C=O) groups excluding carboxylic acids is 1. The average molecular weight is 506 g/mol. The van der Waals surface area contributed by atoms with Gasteiger partial charge in [-0.15, -0.1) is 0 Å². The van der Waals surface area contributed by atoms with Crippen LogP contribution >= 0.6 is 0 Å². The van der Waals surface area contributed by atoms with Crippen LogP contribution in [0.2, 0.25) is 0 Å². The first-order valence-corrected chi connectivity index (χ1v) is 12.8. The monoisotopic (exact) mass is 505 g/mol. The Morgan fingerprint density at radius 3 is 2.84 bits per heavy atom. The maximum absolute atomic E-state index is 12.4. The van der Waals surface area contributed by atoms with Crippen molar-refractivity contribution in [2.45, 2.75) is 25.3 Å². The molecule has 3 aromatic carbocycles. The van der Waals surface area contributed by atoms with Crippen molar-refractivity contribution in [3.63, 3.8) is 0 Å². The van der Waals surface area contributed by atoms with Crippen molar-refractivity contribution in [2.75, 3.05) is 31.1 Å². The minimum atomic E-state index is -0.261. The van der Waals surface area contributed by atoms with E-state index in [0.717, 1.165) is 62.8 Å². The van der Waals surface area contributed by atoms with Gasteiger partial charge in [-0.2, -0.15) is 5.26 Å². The maximum atomic E-state index is 12.4. The molecule has 0 aliphatic carbocycles. The molecule has 1 atom stereocenters. The zero-order valence-electron chi connectivity index (χ0n) is 20.9. The van der Waals surface area contributed by atoms with Gasteiger partial charge in [0.2, 0.25) is 5.91 Å². The summed E-state index contributed by atoms with van der Waals surface area (Å²) in [6, 6.07) is 15.6. The molecule has 1 unspecified atom stereocenters. The first-order valence-electron chi connectivity index (χ1n) is 12.8. The number of nitriles is 1. The largest absolute Gasteiger partial charge is 0.507 e. The van der Waals surface area contributed by atoms with Gasteiger partial charge in [0.1, 0.15) is 23.6 Å². The van der Waals surface area contributed by atoms with Crippen molar-refractivity contribution in [3.05, 3.63) is 67.0 Å². The number of phenols is 1. The van der Waals surface area contributed by atoms with Crippen LogP contribution in [0.1, 0.15) is 18.4 Å². The van der Waals surface area contributed by atoms with E-state index in [4.69, 9.17) is 4.74 Å². The van der Waals surface area contributed by atoms with Gasteiger partial charge in [0, 0.05) is 30.6 Å². The lowest BCUT2D eigenvalue weighted by Gasteiger charge is -2.41. The smallest absolute Gasteiger partial charge is 0.246 e. The lowest BCUT2D eigenvalue weighted by atomic mass is 9.89. The Hall–Kier alpha value is -4.64. The molecule has 0 radical (unpaired) electrons. The molecule has 1 amide bonds. The third kappa shape index (κ3) is 3.88. The van der Waals surface area contributed by atoms with E-state index in [0.29, 0.717) is 26.2 Å². The molecule has 2 aliphatic rings. The highest BCUT2D eigenvalue weighted by Crippen LogP contribution is 2.45. The summed E-state index contributed by atoms with van der Waals surface area (Å²) in [5.41, 5.74) is 3.93. The van der Waals surface area contributed by atoms with E-state index in [2.05, 4.69) is 33.6 Å². The molecule has 1 aromatic heterocycles. The van der Waals surface area contributed by atoms with Gasteiger partial charge < -0.3 is 19.6 Å². The standard InChI is InChI=1S/C30H27N5O3/c1-2-27(37)35-14-13-34(17-19(35)11-12-31)30-28-25(32-18-33-30)16-24(23-8-5-15-38-29(23)28)21-9-10-26(36)22-7-4-3-6-20(21)22/h2-4,6-7,9-10,16,18-19,36H,1,5,8,11,13-15,17H2. The quantitative estimate of drug-likeness (QED) is 0.405. The second-order valence-electron chi connectivity index (χ2n) is 9.65. The van der Waals surface area contributed by atoms with Crippen LogP contribution in [-0.4, -0.2) is 58.2 Å². The highest BCUT2D eigenvalue weighted by molar-refractivity contribution is 6.05. The number of aromatic hydroxyl groups is 1. The van der Waals surface area contributed by atoms with Crippen molar-refractivity contribution < 1.29 is 14.6 Å². The normalized spacial score (nSPS) is 17.1. The number of hydrogen-bond acceptors (Lipinski definition) is 7. The summed E-state index contributed by atoms with van der Waals surface area (Å²) < 4.78 is 6.33. The molecular formula is C30H27N5O3. The number of ether oxygens (including phenoxy) is 1. The van der Waals surface area contributed by atoms with Crippen LogP contribution in [0.3, 0.4) is 0 Å². The summed E-state index contributed by atoms with van der Waals surface area (Å²) in [4.78, 5) is 25.6. The number of anilines is 1. The summed E-state index contributed by atoms with van der Waals surface area (Å²) >= 11 is 0. The van der Waals surface area contributed by atoms with Crippen molar-refractivity contribution in [1.82, 2.24) is 14.9 Å². The number of phenolic OH excluding ortho intramolecular Hbond substituents is 1. The van der Waals surface area contributed by atoms with Gasteiger partial charge in [-0.3, -0.25) is 4.79 Å². The van der Waals surface area contributed by atoms with Gasteiger partial charge in [-0.25, -0.2) is 9.97 Å². The molecule has 190 valence electrons. The topological polar surface area (TPSA) is 103 Å². The first kappa shape index (κ1) is 23.7. The molecule has 38 heavy (non-hydrogen) atoms. The zero-order chi connectivity index (χ0) is 26.2. The Morgan fingerprint density at radius 2 is 2.03 bits per heavy atom. The van der Waals surface area contributed by atoms with Gasteiger partial charge in [0.25, 0.3) is 0 Å². The molecule has 0 spiro atoms. The number of amides is 1. The van der Waals surface area contributed by atoms with E-state index in [-0.39, 0.29) is 24.1 Å².